The van der Waals surface area contributed by atoms with Crippen molar-refractivity contribution >= 4 is 11.8 Å². The van der Waals surface area contributed by atoms with Crippen molar-refractivity contribution in [1.82, 2.24) is 0 Å². The molecule has 3 atom stereocenters. The van der Waals surface area contributed by atoms with Crippen LogP contribution >= 0.6 is 11.8 Å². The fraction of sp³-hybridized carbons (Fsp3) is 0.226. The number of ether oxygens (including phenoxy) is 2. The van der Waals surface area contributed by atoms with Crippen LogP contribution in [0.3, 0.4) is 0 Å². The van der Waals surface area contributed by atoms with E-state index in [1.165, 1.54) is 4.90 Å². The molecule has 0 radical (unpaired) electrons. The minimum absolute atomic E-state index is 0.0284. The van der Waals surface area contributed by atoms with Crippen LogP contribution in [0.4, 0.5) is 0 Å². The predicted molar refractivity (Wildman–Crippen MR) is 145 cm³/mol. The lowest BCUT2D eigenvalue weighted by Gasteiger charge is -2.36. The fourth-order valence-electron chi connectivity index (χ4n) is 4.47. The van der Waals surface area contributed by atoms with Crippen molar-refractivity contribution in [1.29, 1.82) is 0 Å². The van der Waals surface area contributed by atoms with Crippen LogP contribution in [0.5, 0.6) is 0 Å². The Labute approximate surface area is 217 Å². The van der Waals surface area contributed by atoms with Gasteiger partial charge in [-0.05, 0) is 52.1 Å². The number of nitrogens with two attached hydrogens (primary N) is 1. The van der Waals surface area contributed by atoms with Crippen LogP contribution in [0.1, 0.15) is 41.1 Å². The first-order valence-electron chi connectivity index (χ1n) is 12.3. The van der Waals surface area contributed by atoms with Gasteiger partial charge in [-0.15, -0.1) is 11.8 Å². The summed E-state index contributed by atoms with van der Waals surface area (Å²) in [5.74, 6) is 0.841. The molecule has 184 valence electrons. The Morgan fingerprint density at radius 3 is 2.25 bits per heavy atom. The second-order valence-corrected chi connectivity index (χ2v) is 10.1. The maximum absolute atomic E-state index is 9.44. The van der Waals surface area contributed by atoms with Crippen molar-refractivity contribution in [3.05, 3.63) is 125 Å². The van der Waals surface area contributed by atoms with Gasteiger partial charge in [0.15, 0.2) is 6.29 Å². The average Bonchev–Trinajstić information content (AvgIpc) is 2.96. The third-order valence-corrected chi connectivity index (χ3v) is 7.59. The van der Waals surface area contributed by atoms with Gasteiger partial charge in [-0.3, -0.25) is 0 Å². The Hall–Kier alpha value is -2.93. The van der Waals surface area contributed by atoms with Gasteiger partial charge in [0.2, 0.25) is 0 Å². The van der Waals surface area contributed by atoms with Crippen molar-refractivity contribution in [3.63, 3.8) is 0 Å². The van der Waals surface area contributed by atoms with Gasteiger partial charge in [-0.1, -0.05) is 78.9 Å². The summed E-state index contributed by atoms with van der Waals surface area (Å²) in [5, 5.41) is 9.44. The Kier molecular flexibility index (Phi) is 8.16. The van der Waals surface area contributed by atoms with E-state index >= 15 is 0 Å². The number of hydrogen-bond acceptors (Lipinski definition) is 5. The second-order valence-electron chi connectivity index (χ2n) is 9.00. The topological polar surface area (TPSA) is 64.7 Å². The number of aliphatic hydroxyl groups is 1. The van der Waals surface area contributed by atoms with Gasteiger partial charge in [0, 0.05) is 29.2 Å². The molecule has 4 nitrogen and oxygen atoms in total. The minimum atomic E-state index is -0.472. The highest BCUT2D eigenvalue weighted by Crippen LogP contribution is 2.40. The first-order chi connectivity index (χ1) is 17.7. The number of benzene rings is 4. The standard InChI is InChI=1S/C31H31NO3S/c32-19-23-6-4-7-25(16-23)26-8-5-9-27(17-26)31-34-28(21-36-29-10-2-1-3-11-29)18-30(35-31)24-14-12-22(20-33)13-15-24/h1-17,28,30-31,33H,18-21,32H2/t28-,30+,31+/m1/s1. The van der Waals surface area contributed by atoms with Crippen molar-refractivity contribution in [2.24, 2.45) is 5.73 Å². The monoisotopic (exact) mass is 497 g/mol. The highest BCUT2D eigenvalue weighted by molar-refractivity contribution is 7.99. The summed E-state index contributed by atoms with van der Waals surface area (Å²) < 4.78 is 13.1. The Morgan fingerprint density at radius 1 is 0.750 bits per heavy atom. The van der Waals surface area contributed by atoms with Crippen molar-refractivity contribution in [2.75, 3.05) is 5.75 Å². The highest BCUT2D eigenvalue weighted by Gasteiger charge is 2.32. The molecule has 5 rings (SSSR count). The summed E-state index contributed by atoms with van der Waals surface area (Å²) in [6, 6.07) is 35.1. The quantitative estimate of drug-likeness (QED) is 0.267. The molecule has 0 aromatic heterocycles. The molecule has 3 N–H and O–H groups in total. The summed E-state index contributed by atoms with van der Waals surface area (Å²) in [7, 11) is 0. The Morgan fingerprint density at radius 2 is 1.50 bits per heavy atom. The highest BCUT2D eigenvalue weighted by atomic mass is 32.2. The first kappa shape index (κ1) is 24.8. The van der Waals surface area contributed by atoms with Crippen LogP contribution in [0.15, 0.2) is 108 Å². The molecular formula is C31H31NO3S. The summed E-state index contributed by atoms with van der Waals surface area (Å²) in [5.41, 5.74) is 12.2. The number of aliphatic hydroxyl groups excluding tert-OH is 1. The van der Waals surface area contributed by atoms with Crippen LogP contribution < -0.4 is 5.73 Å². The van der Waals surface area contributed by atoms with Crippen molar-refractivity contribution < 1.29 is 14.6 Å². The Bertz CT molecular complexity index is 1260. The molecule has 4 aromatic carbocycles. The van der Waals surface area contributed by atoms with E-state index in [1.807, 2.05) is 30.3 Å². The van der Waals surface area contributed by atoms with Crippen LogP contribution in [0, 0.1) is 0 Å². The van der Waals surface area contributed by atoms with E-state index in [-0.39, 0.29) is 18.8 Å². The molecule has 0 saturated carbocycles. The fourth-order valence-corrected chi connectivity index (χ4v) is 5.41. The van der Waals surface area contributed by atoms with Crippen LogP contribution in [-0.4, -0.2) is 17.0 Å². The van der Waals surface area contributed by atoms with Gasteiger partial charge >= 0.3 is 0 Å². The van der Waals surface area contributed by atoms with Gasteiger partial charge in [0.05, 0.1) is 18.8 Å². The maximum atomic E-state index is 9.44. The second kappa shape index (κ2) is 11.9. The summed E-state index contributed by atoms with van der Waals surface area (Å²) >= 11 is 1.81. The molecule has 36 heavy (non-hydrogen) atoms. The zero-order valence-electron chi connectivity index (χ0n) is 20.1. The minimum Gasteiger partial charge on any atom is -0.392 e. The smallest absolute Gasteiger partial charge is 0.184 e. The average molecular weight is 498 g/mol. The van der Waals surface area contributed by atoms with Gasteiger partial charge < -0.3 is 20.3 Å². The zero-order chi connectivity index (χ0) is 24.7. The molecule has 0 unspecified atom stereocenters. The molecule has 1 aliphatic rings. The van der Waals surface area contributed by atoms with Crippen molar-refractivity contribution in [2.45, 2.75) is 43.0 Å². The van der Waals surface area contributed by atoms with Gasteiger partial charge in [-0.2, -0.15) is 0 Å². The number of hydrogen-bond donors (Lipinski definition) is 2. The van der Waals surface area contributed by atoms with E-state index in [2.05, 4.69) is 72.8 Å². The first-order valence-corrected chi connectivity index (χ1v) is 13.3. The number of thioether (sulfide) groups is 1. The van der Waals surface area contributed by atoms with Crippen LogP contribution in [0.25, 0.3) is 11.1 Å². The molecule has 1 heterocycles. The third kappa shape index (κ3) is 6.06. The van der Waals surface area contributed by atoms with E-state index in [4.69, 9.17) is 15.2 Å². The molecule has 1 aliphatic heterocycles. The summed E-state index contributed by atoms with van der Waals surface area (Å²) in [6.45, 7) is 0.548. The molecular weight excluding hydrogens is 466 g/mol. The summed E-state index contributed by atoms with van der Waals surface area (Å²) in [4.78, 5) is 1.23. The molecule has 0 aliphatic carbocycles. The zero-order valence-corrected chi connectivity index (χ0v) is 20.9. The largest absolute Gasteiger partial charge is 0.392 e. The lowest BCUT2D eigenvalue weighted by atomic mass is 9.99. The van der Waals surface area contributed by atoms with E-state index in [0.717, 1.165) is 45.6 Å². The molecule has 1 fully saturated rings. The molecule has 0 spiro atoms. The Balaban J connectivity index is 1.40. The normalized spacial score (nSPS) is 19.8. The van der Waals surface area contributed by atoms with Crippen molar-refractivity contribution in [3.8, 4) is 11.1 Å². The lowest BCUT2D eigenvalue weighted by molar-refractivity contribution is -0.245. The lowest BCUT2D eigenvalue weighted by Crippen LogP contribution is -2.31. The molecule has 1 saturated heterocycles. The summed E-state index contributed by atoms with van der Waals surface area (Å²) in [6.07, 6.45) is 0.232. The van der Waals surface area contributed by atoms with E-state index in [1.54, 1.807) is 11.8 Å². The molecule has 0 amide bonds. The van der Waals surface area contributed by atoms with E-state index < -0.39 is 6.29 Å². The number of rotatable bonds is 8. The van der Waals surface area contributed by atoms with Gasteiger partial charge in [0.1, 0.15) is 0 Å². The SMILES string of the molecule is NCc1cccc(-c2cccc([C@H]3O[C@@H](CSc4ccccc4)C[C@@H](c4ccc(CO)cc4)O3)c2)c1. The predicted octanol–water partition coefficient (Wildman–Crippen LogP) is 6.64. The van der Waals surface area contributed by atoms with E-state index in [9.17, 15) is 5.11 Å². The molecule has 4 aromatic rings. The van der Waals surface area contributed by atoms with Gasteiger partial charge in [0.25, 0.3) is 0 Å². The third-order valence-electron chi connectivity index (χ3n) is 6.45. The van der Waals surface area contributed by atoms with E-state index in [0.29, 0.717) is 6.54 Å². The van der Waals surface area contributed by atoms with Gasteiger partial charge in [-0.25, -0.2) is 0 Å². The molecule has 0 bridgehead atoms. The van der Waals surface area contributed by atoms with Crippen LogP contribution in [0.2, 0.25) is 0 Å². The maximum Gasteiger partial charge on any atom is 0.184 e. The van der Waals surface area contributed by atoms with Crippen LogP contribution in [-0.2, 0) is 22.6 Å². The molecule has 5 heteroatoms.